The molecule has 5 heteroatoms. The molecular formula is C17H21FN4. The van der Waals surface area contributed by atoms with Gasteiger partial charge in [-0.15, -0.1) is 0 Å². The first-order valence-corrected chi connectivity index (χ1v) is 7.82. The molecule has 4 nitrogen and oxygen atoms in total. The van der Waals surface area contributed by atoms with Crippen molar-refractivity contribution >= 4 is 17.5 Å². The summed E-state index contributed by atoms with van der Waals surface area (Å²) >= 11 is 0. The van der Waals surface area contributed by atoms with Crippen LogP contribution in [0.15, 0.2) is 30.3 Å². The van der Waals surface area contributed by atoms with Crippen LogP contribution >= 0.6 is 0 Å². The largest absolute Gasteiger partial charge is 0.352 e. The molecule has 3 rings (SSSR count). The van der Waals surface area contributed by atoms with Gasteiger partial charge in [-0.25, -0.2) is 9.37 Å². The Morgan fingerprint density at radius 3 is 2.73 bits per heavy atom. The molecule has 1 saturated carbocycles. The van der Waals surface area contributed by atoms with Gasteiger partial charge in [-0.2, -0.15) is 4.98 Å². The Morgan fingerprint density at radius 1 is 1.27 bits per heavy atom. The van der Waals surface area contributed by atoms with E-state index < -0.39 is 0 Å². The van der Waals surface area contributed by atoms with Crippen LogP contribution in [-0.2, 0) is 0 Å². The minimum absolute atomic E-state index is 0.287. The van der Waals surface area contributed by atoms with E-state index in [9.17, 15) is 4.39 Å². The molecule has 1 heterocycles. The highest BCUT2D eigenvalue weighted by Gasteiger charge is 2.26. The molecule has 0 bridgehead atoms. The van der Waals surface area contributed by atoms with Crippen molar-refractivity contribution in [1.82, 2.24) is 9.97 Å². The van der Waals surface area contributed by atoms with E-state index in [4.69, 9.17) is 0 Å². The van der Waals surface area contributed by atoms with Crippen molar-refractivity contribution in [3.63, 3.8) is 0 Å². The van der Waals surface area contributed by atoms with Crippen LogP contribution < -0.4 is 10.6 Å². The number of para-hydroxylation sites is 1. The molecule has 0 radical (unpaired) electrons. The molecule has 0 saturated heterocycles. The number of anilines is 3. The highest BCUT2D eigenvalue weighted by atomic mass is 19.1. The molecule has 2 aromatic rings. The van der Waals surface area contributed by atoms with Crippen LogP contribution in [0.2, 0.25) is 0 Å². The van der Waals surface area contributed by atoms with Gasteiger partial charge >= 0.3 is 0 Å². The lowest BCUT2D eigenvalue weighted by Crippen LogP contribution is -2.16. The number of rotatable bonds is 6. The Labute approximate surface area is 130 Å². The van der Waals surface area contributed by atoms with Crippen LogP contribution in [0.4, 0.5) is 21.8 Å². The summed E-state index contributed by atoms with van der Waals surface area (Å²) in [5.74, 6) is 1.47. The third kappa shape index (κ3) is 3.53. The van der Waals surface area contributed by atoms with Gasteiger partial charge in [0.15, 0.2) is 0 Å². The van der Waals surface area contributed by atoms with Crippen molar-refractivity contribution < 1.29 is 4.39 Å². The topological polar surface area (TPSA) is 49.8 Å². The SMILES string of the molecule is CC[C@@H](C)Nc1nc(Nc2ccccc2F)cc(C2CC2)n1. The lowest BCUT2D eigenvalue weighted by atomic mass is 10.2. The smallest absolute Gasteiger partial charge is 0.225 e. The lowest BCUT2D eigenvalue weighted by Gasteiger charge is -2.14. The zero-order chi connectivity index (χ0) is 15.5. The van der Waals surface area contributed by atoms with Crippen LogP contribution in [0.1, 0.15) is 44.7 Å². The zero-order valence-corrected chi connectivity index (χ0v) is 12.9. The average Bonchev–Trinajstić information content (AvgIpc) is 3.34. The molecule has 0 amide bonds. The van der Waals surface area contributed by atoms with E-state index in [1.54, 1.807) is 18.2 Å². The van der Waals surface area contributed by atoms with Gasteiger partial charge in [-0.3, -0.25) is 0 Å². The highest BCUT2D eigenvalue weighted by molar-refractivity contribution is 5.58. The van der Waals surface area contributed by atoms with Gasteiger partial charge in [0, 0.05) is 18.0 Å². The quantitative estimate of drug-likeness (QED) is 0.827. The molecule has 1 aliphatic carbocycles. The van der Waals surface area contributed by atoms with Crippen LogP contribution in [-0.4, -0.2) is 16.0 Å². The van der Waals surface area contributed by atoms with Crippen molar-refractivity contribution in [2.45, 2.75) is 45.1 Å². The second kappa shape index (κ2) is 6.30. The molecular weight excluding hydrogens is 279 g/mol. The summed E-state index contributed by atoms with van der Waals surface area (Å²) in [7, 11) is 0. The van der Waals surface area contributed by atoms with Crippen LogP contribution in [0, 0.1) is 5.82 Å². The van der Waals surface area contributed by atoms with Crippen molar-refractivity contribution in [3.8, 4) is 0 Å². The molecule has 1 aromatic carbocycles. The summed E-state index contributed by atoms with van der Waals surface area (Å²) in [6.07, 6.45) is 3.32. The summed E-state index contributed by atoms with van der Waals surface area (Å²) < 4.78 is 13.8. The van der Waals surface area contributed by atoms with Gasteiger partial charge in [-0.1, -0.05) is 19.1 Å². The van der Waals surface area contributed by atoms with E-state index in [1.807, 2.05) is 6.07 Å². The highest BCUT2D eigenvalue weighted by Crippen LogP contribution is 2.40. The number of benzene rings is 1. The van der Waals surface area contributed by atoms with Crippen LogP contribution in [0.25, 0.3) is 0 Å². The number of hydrogen-bond acceptors (Lipinski definition) is 4. The van der Waals surface area contributed by atoms with Crippen molar-refractivity contribution in [3.05, 3.63) is 41.8 Å². The first-order valence-electron chi connectivity index (χ1n) is 7.82. The van der Waals surface area contributed by atoms with E-state index in [0.717, 1.165) is 12.1 Å². The Morgan fingerprint density at radius 2 is 2.05 bits per heavy atom. The molecule has 1 aliphatic rings. The average molecular weight is 300 g/mol. The summed E-state index contributed by atoms with van der Waals surface area (Å²) in [5, 5.41) is 6.36. The van der Waals surface area contributed by atoms with Crippen molar-refractivity contribution in [2.24, 2.45) is 0 Å². The minimum Gasteiger partial charge on any atom is -0.352 e. The fraction of sp³-hybridized carbons (Fsp3) is 0.412. The molecule has 116 valence electrons. The molecule has 1 aromatic heterocycles. The summed E-state index contributed by atoms with van der Waals surface area (Å²) in [6, 6.07) is 8.83. The second-order valence-electron chi connectivity index (χ2n) is 5.83. The van der Waals surface area contributed by atoms with E-state index in [-0.39, 0.29) is 5.82 Å². The third-order valence-electron chi connectivity index (χ3n) is 3.87. The maximum atomic E-state index is 13.8. The third-order valence-corrected chi connectivity index (χ3v) is 3.87. The molecule has 1 fully saturated rings. The van der Waals surface area contributed by atoms with Gasteiger partial charge in [0.2, 0.25) is 5.95 Å². The van der Waals surface area contributed by atoms with E-state index in [1.165, 1.54) is 18.9 Å². The van der Waals surface area contributed by atoms with Gasteiger partial charge in [0.05, 0.1) is 11.4 Å². The minimum atomic E-state index is -0.287. The predicted molar refractivity (Wildman–Crippen MR) is 87.1 cm³/mol. The number of aromatic nitrogens is 2. The predicted octanol–water partition coefficient (Wildman–Crippen LogP) is 4.45. The van der Waals surface area contributed by atoms with Gasteiger partial charge in [0.1, 0.15) is 11.6 Å². The second-order valence-corrected chi connectivity index (χ2v) is 5.83. The van der Waals surface area contributed by atoms with Crippen LogP contribution in [0.5, 0.6) is 0 Å². The first kappa shape index (κ1) is 14.8. The molecule has 22 heavy (non-hydrogen) atoms. The maximum absolute atomic E-state index is 13.8. The van der Waals surface area contributed by atoms with E-state index in [2.05, 4.69) is 34.4 Å². The fourth-order valence-corrected chi connectivity index (χ4v) is 2.21. The molecule has 0 spiro atoms. The Balaban J connectivity index is 1.87. The Hall–Kier alpha value is -2.17. The van der Waals surface area contributed by atoms with Crippen molar-refractivity contribution in [2.75, 3.05) is 10.6 Å². The Bertz CT molecular complexity index is 655. The zero-order valence-electron chi connectivity index (χ0n) is 12.9. The van der Waals surface area contributed by atoms with E-state index >= 15 is 0 Å². The fourth-order valence-electron chi connectivity index (χ4n) is 2.21. The molecule has 1 atom stereocenters. The number of hydrogen-bond donors (Lipinski definition) is 2. The Kier molecular flexibility index (Phi) is 4.22. The lowest BCUT2D eigenvalue weighted by molar-refractivity contribution is 0.632. The summed E-state index contributed by atoms with van der Waals surface area (Å²) in [4.78, 5) is 9.06. The molecule has 0 aliphatic heterocycles. The van der Waals surface area contributed by atoms with Gasteiger partial charge in [-0.05, 0) is 38.3 Å². The van der Waals surface area contributed by atoms with Crippen LogP contribution in [0.3, 0.4) is 0 Å². The first-order chi connectivity index (χ1) is 10.7. The van der Waals surface area contributed by atoms with Gasteiger partial charge in [0.25, 0.3) is 0 Å². The maximum Gasteiger partial charge on any atom is 0.225 e. The van der Waals surface area contributed by atoms with Crippen molar-refractivity contribution in [1.29, 1.82) is 0 Å². The monoisotopic (exact) mass is 300 g/mol. The van der Waals surface area contributed by atoms with Gasteiger partial charge < -0.3 is 10.6 Å². The molecule has 2 N–H and O–H groups in total. The standard InChI is InChI=1S/C17H21FN4/c1-3-11(2)19-17-21-15(12-8-9-12)10-16(22-17)20-14-7-5-4-6-13(14)18/h4-7,10-12H,3,8-9H2,1-2H3,(H2,19,20,21,22)/t11-/m1/s1. The number of halogens is 1. The normalized spacial score (nSPS) is 15.4. The number of nitrogens with one attached hydrogen (secondary N) is 2. The summed E-state index contributed by atoms with van der Waals surface area (Å²) in [5.41, 5.74) is 1.46. The summed E-state index contributed by atoms with van der Waals surface area (Å²) in [6.45, 7) is 4.21. The van der Waals surface area contributed by atoms with E-state index in [0.29, 0.717) is 29.4 Å². The number of nitrogens with zero attached hydrogens (tertiary/aromatic N) is 2. The molecule has 0 unspecified atom stereocenters.